The summed E-state index contributed by atoms with van der Waals surface area (Å²) in [5.41, 5.74) is 1.94. The van der Waals surface area contributed by atoms with Gasteiger partial charge in [0.2, 0.25) is 0 Å². The topological polar surface area (TPSA) is 31.2 Å². The Balaban J connectivity index is 0.00000116. The molecule has 0 aromatic heterocycles. The Kier molecular flexibility index (Phi) is 9.17. The Morgan fingerprint density at radius 1 is 0.909 bits per heavy atom. The molecule has 0 aliphatic carbocycles. The van der Waals surface area contributed by atoms with Gasteiger partial charge in [-0.05, 0) is 12.1 Å². The molecule has 0 bridgehead atoms. The Bertz CT molecular complexity index is 522. The number of para-hydroxylation sites is 2. The van der Waals surface area contributed by atoms with Crippen LogP contribution < -0.4 is 10.0 Å². The summed E-state index contributed by atoms with van der Waals surface area (Å²) >= 11 is 2.22. The van der Waals surface area contributed by atoms with Crippen LogP contribution in [0.2, 0.25) is 0 Å². The molecule has 2 aromatic carbocycles. The number of halogens is 1. The third kappa shape index (κ3) is 6.40. The van der Waals surface area contributed by atoms with Gasteiger partial charge in [-0.2, -0.15) is 34.5 Å². The molecule has 6 heteroatoms. The van der Waals surface area contributed by atoms with Crippen LogP contribution in [0.25, 0.3) is 0 Å². The average Bonchev–Trinajstić information content (AvgIpc) is 2.61. The molecule has 0 N–H and O–H groups in total. The molecule has 0 saturated heterocycles. The van der Waals surface area contributed by atoms with Crippen LogP contribution in [0, 0.1) is 6.07 Å². The quantitative estimate of drug-likeness (QED) is 0.328. The van der Waals surface area contributed by atoms with Crippen LogP contribution in [0.4, 0.5) is 11.4 Å². The zero-order chi connectivity index (χ0) is 16.2. The first kappa shape index (κ1) is 18.4. The molecular formula is C16H17ClN4Pd. The molecule has 2 rings (SSSR count). The first-order valence-electron chi connectivity index (χ1n) is 6.45. The fraction of sp³-hybridized carbons (Fsp3) is 0.125. The third-order valence-corrected chi connectivity index (χ3v) is 2.72. The molecule has 0 heterocycles. The zero-order valence-corrected chi connectivity index (χ0v) is 14.6. The monoisotopic (exact) mass is 406 g/mol. The Hall–Kier alpha value is -1.67. The van der Waals surface area contributed by atoms with Gasteiger partial charge in [-0.15, -0.1) is 6.07 Å². The molecule has 0 unspecified atom stereocenters. The summed E-state index contributed by atoms with van der Waals surface area (Å²) < 4.78 is 0. The van der Waals surface area contributed by atoms with Crippen LogP contribution >= 0.6 is 9.53 Å². The predicted molar refractivity (Wildman–Crippen MR) is 91.4 cm³/mol. The molecular weight excluding hydrogens is 390 g/mol. The molecule has 0 spiro atoms. The number of rotatable bonds is 5. The molecule has 0 aliphatic heterocycles. The van der Waals surface area contributed by atoms with Crippen molar-refractivity contribution in [3.8, 4) is 0 Å². The summed E-state index contributed by atoms with van der Waals surface area (Å²) in [5, 5.41) is 12.1. The molecule has 0 radical (unpaired) electrons. The van der Waals surface area contributed by atoms with E-state index in [0.717, 1.165) is 11.4 Å². The average molecular weight is 407 g/mol. The normalized spacial score (nSPS) is 10.4. The van der Waals surface area contributed by atoms with E-state index < -0.39 is 0 Å². The van der Waals surface area contributed by atoms with Gasteiger partial charge in [0.05, 0.1) is 18.1 Å². The van der Waals surface area contributed by atoms with Crippen LogP contribution in [0.1, 0.15) is 0 Å². The van der Waals surface area contributed by atoms with Crippen LogP contribution in [-0.4, -0.2) is 26.5 Å². The van der Waals surface area contributed by atoms with E-state index in [2.05, 4.69) is 44.0 Å². The summed E-state index contributed by atoms with van der Waals surface area (Å²) in [6.45, 7) is 0. The third-order valence-electron chi connectivity index (χ3n) is 2.72. The molecule has 22 heavy (non-hydrogen) atoms. The van der Waals surface area contributed by atoms with E-state index >= 15 is 0 Å². The number of hydrazone groups is 2. The molecule has 118 valence electrons. The second-order valence-electron chi connectivity index (χ2n) is 4.16. The molecule has 4 nitrogen and oxygen atoms in total. The van der Waals surface area contributed by atoms with Gasteiger partial charge in [-0.25, -0.2) is 0 Å². The van der Waals surface area contributed by atoms with Crippen LogP contribution in [-0.2, 0) is 18.2 Å². The summed E-state index contributed by atoms with van der Waals surface area (Å²) in [5.74, 6) is 0. The molecule has 0 fully saturated rings. The first-order valence-corrected chi connectivity index (χ1v) is 8.45. The van der Waals surface area contributed by atoms with Crippen LogP contribution in [0.15, 0.2) is 64.8 Å². The van der Waals surface area contributed by atoms with Crippen LogP contribution in [0.3, 0.4) is 0 Å². The van der Waals surface area contributed by atoms with Crippen molar-refractivity contribution in [3.05, 3.63) is 60.7 Å². The van der Waals surface area contributed by atoms with Crippen molar-refractivity contribution < 1.29 is 18.2 Å². The maximum absolute atomic E-state index is 4.49. The van der Waals surface area contributed by atoms with E-state index in [1.807, 2.05) is 68.7 Å². The second-order valence-corrected chi connectivity index (χ2v) is 4.16. The molecule has 2 aromatic rings. The van der Waals surface area contributed by atoms with Crippen molar-refractivity contribution in [1.82, 2.24) is 0 Å². The minimum absolute atomic E-state index is 0.911. The van der Waals surface area contributed by atoms with Gasteiger partial charge in [0.25, 0.3) is 0 Å². The first-order chi connectivity index (χ1) is 10.8. The molecule has 0 aliphatic rings. The van der Waals surface area contributed by atoms with Crippen molar-refractivity contribution in [2.45, 2.75) is 0 Å². The van der Waals surface area contributed by atoms with Gasteiger partial charge in [0, 0.05) is 14.1 Å². The van der Waals surface area contributed by atoms with E-state index in [4.69, 9.17) is 0 Å². The van der Waals surface area contributed by atoms with E-state index in [1.165, 1.54) is 0 Å². The SMILES string of the molecule is CN(/N=C/C=N/N(C)c1ccccc1)c1[c-]cccc1.[Cl][Pd+]. The van der Waals surface area contributed by atoms with E-state index in [-0.39, 0.29) is 0 Å². The summed E-state index contributed by atoms with van der Waals surface area (Å²) in [6, 6.07) is 20.7. The Morgan fingerprint density at radius 3 is 2.09 bits per heavy atom. The number of anilines is 2. The van der Waals surface area contributed by atoms with Crippen molar-refractivity contribution in [2.24, 2.45) is 10.2 Å². The van der Waals surface area contributed by atoms with Gasteiger partial charge >= 0.3 is 27.7 Å². The van der Waals surface area contributed by atoms with Gasteiger partial charge in [-0.3, -0.25) is 10.0 Å². The number of nitrogens with zero attached hydrogens (tertiary/aromatic N) is 4. The second kappa shape index (κ2) is 11.0. The number of hydrogen-bond donors (Lipinski definition) is 0. The minimum atomic E-state index is 0.911. The van der Waals surface area contributed by atoms with E-state index in [9.17, 15) is 0 Å². The van der Waals surface area contributed by atoms with Crippen molar-refractivity contribution in [1.29, 1.82) is 0 Å². The van der Waals surface area contributed by atoms with Gasteiger partial charge in [-0.1, -0.05) is 23.9 Å². The standard InChI is InChI=1S/C16H17N4.ClH.Pd/c1-19(15-9-5-3-6-10-15)17-13-14-18-20(2)16-11-7-4-8-12-16;;/h3-11,13-14H,1-2H3;1H;/q-1;;+2/p-1/b17-13+,18-14+;;. The molecule has 0 saturated carbocycles. The van der Waals surface area contributed by atoms with Gasteiger partial charge in [0.15, 0.2) is 0 Å². The maximum atomic E-state index is 4.49. The summed E-state index contributed by atoms with van der Waals surface area (Å²) in [7, 11) is 8.26. The van der Waals surface area contributed by atoms with Crippen molar-refractivity contribution in [3.63, 3.8) is 0 Å². The number of hydrogen-bond acceptors (Lipinski definition) is 4. The summed E-state index contributed by atoms with van der Waals surface area (Å²) in [4.78, 5) is 0. The Morgan fingerprint density at radius 2 is 1.50 bits per heavy atom. The van der Waals surface area contributed by atoms with Gasteiger partial charge in [0.1, 0.15) is 0 Å². The van der Waals surface area contributed by atoms with Crippen molar-refractivity contribution >= 4 is 33.3 Å². The molecule has 0 atom stereocenters. The summed E-state index contributed by atoms with van der Waals surface area (Å²) in [6.07, 6.45) is 3.31. The van der Waals surface area contributed by atoms with Crippen molar-refractivity contribution in [2.75, 3.05) is 24.1 Å². The van der Waals surface area contributed by atoms with Crippen LogP contribution in [0.5, 0.6) is 0 Å². The zero-order valence-electron chi connectivity index (χ0n) is 12.3. The number of benzene rings is 2. The van der Waals surface area contributed by atoms with Gasteiger partial charge < -0.3 is 0 Å². The molecule has 0 amide bonds. The Labute approximate surface area is 146 Å². The fourth-order valence-electron chi connectivity index (χ4n) is 1.62. The fourth-order valence-corrected chi connectivity index (χ4v) is 1.62. The van der Waals surface area contributed by atoms with E-state index in [1.54, 1.807) is 22.4 Å². The van der Waals surface area contributed by atoms with E-state index in [0.29, 0.717) is 0 Å². The predicted octanol–water partition coefficient (Wildman–Crippen LogP) is 3.72.